The third-order valence-electron chi connectivity index (χ3n) is 10.9. The molecule has 0 radical (unpaired) electrons. The smallest absolute Gasteiger partial charge is 0.319 e. The van der Waals surface area contributed by atoms with Crippen LogP contribution in [0.15, 0.2) is 54.6 Å². The van der Waals surface area contributed by atoms with Crippen molar-refractivity contribution >= 4 is 22.9 Å². The van der Waals surface area contributed by atoms with Crippen LogP contribution in [0, 0.1) is 18.3 Å². The first-order chi connectivity index (χ1) is 21.1. The summed E-state index contributed by atoms with van der Waals surface area (Å²) in [4.78, 5) is 36.3. The fourth-order valence-electron chi connectivity index (χ4n) is 8.65. The Kier molecular flexibility index (Phi) is 8.62. The summed E-state index contributed by atoms with van der Waals surface area (Å²) in [7, 11) is 0. The van der Waals surface area contributed by atoms with E-state index < -0.39 is 17.3 Å². The maximum atomic E-state index is 13.8. The van der Waals surface area contributed by atoms with E-state index in [0.29, 0.717) is 31.2 Å². The van der Waals surface area contributed by atoms with Crippen LogP contribution in [-0.4, -0.2) is 69.6 Å². The molecule has 0 N–H and O–H groups in total. The average Bonchev–Trinajstić information content (AvgIpc) is 3.46. The maximum absolute atomic E-state index is 13.8. The number of piperidine rings is 2. The fraction of sp³-hybridized carbons (Fsp3) is 0.595. The summed E-state index contributed by atoms with van der Waals surface area (Å²) in [5.74, 6) is -0.132. The van der Waals surface area contributed by atoms with Crippen molar-refractivity contribution in [1.82, 2.24) is 19.4 Å². The van der Waals surface area contributed by atoms with Crippen LogP contribution >= 0.6 is 0 Å². The van der Waals surface area contributed by atoms with E-state index in [2.05, 4.69) is 71.0 Å². The van der Waals surface area contributed by atoms with Crippen LogP contribution in [-0.2, 0) is 19.7 Å². The molecule has 7 nitrogen and oxygen atoms in total. The van der Waals surface area contributed by atoms with Gasteiger partial charge in [0.1, 0.15) is 11.7 Å². The number of hydrogen-bond acceptors (Lipinski definition) is 5. The number of carbonyl (C=O) groups is 2. The van der Waals surface area contributed by atoms with Gasteiger partial charge in [-0.05, 0) is 93.9 Å². The van der Waals surface area contributed by atoms with Gasteiger partial charge in [-0.2, -0.15) is 0 Å². The minimum atomic E-state index is -0.778. The standard InChI is InChI=1S/C37H50N4O3/c1-6-44-35(43)33(36(3,4)5)34(42)39-21-18-37(19-22-39,27-12-8-7-9-13-27)20-23-40-28-16-17-29(40)25-30(24-28)41-26(2)38-31-14-10-11-15-32(31)41/h7-15,28-30,33H,6,16-25H2,1-5H3. The van der Waals surface area contributed by atoms with Gasteiger partial charge in [0.25, 0.3) is 0 Å². The Labute approximate surface area is 263 Å². The van der Waals surface area contributed by atoms with E-state index >= 15 is 0 Å². The molecule has 3 unspecified atom stereocenters. The van der Waals surface area contributed by atoms with Gasteiger partial charge in [0.05, 0.1) is 17.6 Å². The van der Waals surface area contributed by atoms with Crippen molar-refractivity contribution in [3.63, 3.8) is 0 Å². The van der Waals surface area contributed by atoms with Crippen LogP contribution in [0.5, 0.6) is 0 Å². The number of likely N-dealkylation sites (tertiary alicyclic amines) is 1. The number of aryl methyl sites for hydroxylation is 1. The van der Waals surface area contributed by atoms with E-state index in [1.807, 2.05) is 25.7 Å². The molecule has 3 aliphatic rings. The largest absolute Gasteiger partial charge is 0.465 e. The molecule has 2 bridgehead atoms. The summed E-state index contributed by atoms with van der Waals surface area (Å²) < 4.78 is 7.86. The molecule has 1 aromatic heterocycles. The predicted molar refractivity (Wildman–Crippen MR) is 174 cm³/mol. The third kappa shape index (κ3) is 5.80. The molecular weight excluding hydrogens is 548 g/mol. The van der Waals surface area contributed by atoms with Gasteiger partial charge in [0.15, 0.2) is 0 Å². The zero-order valence-electron chi connectivity index (χ0n) is 27.3. The molecule has 7 heteroatoms. The molecule has 3 aliphatic heterocycles. The maximum Gasteiger partial charge on any atom is 0.319 e. The van der Waals surface area contributed by atoms with Crippen LogP contribution in [0.25, 0.3) is 11.0 Å². The van der Waals surface area contributed by atoms with E-state index in [4.69, 9.17) is 9.72 Å². The van der Waals surface area contributed by atoms with Gasteiger partial charge >= 0.3 is 5.97 Å². The third-order valence-corrected chi connectivity index (χ3v) is 10.9. The molecule has 3 atom stereocenters. The highest BCUT2D eigenvalue weighted by atomic mass is 16.5. The lowest BCUT2D eigenvalue weighted by atomic mass is 9.69. The molecule has 3 aromatic rings. The lowest BCUT2D eigenvalue weighted by Gasteiger charge is -2.46. The number of benzene rings is 2. The molecule has 0 aliphatic carbocycles. The molecule has 1 amide bonds. The average molecular weight is 599 g/mol. The van der Waals surface area contributed by atoms with Crippen LogP contribution < -0.4 is 0 Å². The van der Waals surface area contributed by atoms with Gasteiger partial charge < -0.3 is 14.2 Å². The second kappa shape index (κ2) is 12.3. The Morgan fingerprint density at radius 3 is 2.23 bits per heavy atom. The van der Waals surface area contributed by atoms with Crippen LogP contribution in [0.1, 0.15) is 90.1 Å². The fourth-order valence-corrected chi connectivity index (χ4v) is 8.65. The number of ether oxygens (including phenoxy) is 1. The number of rotatable bonds is 8. The highest BCUT2D eigenvalue weighted by molar-refractivity contribution is 5.98. The van der Waals surface area contributed by atoms with E-state index in [1.165, 1.54) is 36.8 Å². The molecule has 3 fully saturated rings. The van der Waals surface area contributed by atoms with Crippen molar-refractivity contribution < 1.29 is 14.3 Å². The number of para-hydroxylation sites is 2. The van der Waals surface area contributed by atoms with Gasteiger partial charge in [-0.25, -0.2) is 4.98 Å². The first-order valence-electron chi connectivity index (χ1n) is 16.8. The Morgan fingerprint density at radius 2 is 1.59 bits per heavy atom. The van der Waals surface area contributed by atoms with Crippen LogP contribution in [0.4, 0.5) is 0 Å². The number of imidazole rings is 1. The molecule has 44 heavy (non-hydrogen) atoms. The quantitative estimate of drug-likeness (QED) is 0.214. The summed E-state index contributed by atoms with van der Waals surface area (Å²) in [6.07, 6.45) is 7.82. The van der Waals surface area contributed by atoms with Crippen molar-refractivity contribution in [1.29, 1.82) is 0 Å². The Balaban J connectivity index is 1.16. The normalized spacial score (nSPS) is 24.4. The lowest BCUT2D eigenvalue weighted by molar-refractivity contribution is -0.161. The summed E-state index contributed by atoms with van der Waals surface area (Å²) in [6.45, 7) is 12.5. The molecule has 4 heterocycles. The minimum absolute atomic E-state index is 0.0205. The molecule has 3 saturated heterocycles. The lowest BCUT2D eigenvalue weighted by Crippen LogP contribution is -2.52. The van der Waals surface area contributed by atoms with Gasteiger partial charge in [0.2, 0.25) is 5.91 Å². The van der Waals surface area contributed by atoms with Crippen molar-refractivity contribution in [2.24, 2.45) is 11.3 Å². The molecule has 6 rings (SSSR count). The topological polar surface area (TPSA) is 67.7 Å². The zero-order valence-corrected chi connectivity index (χ0v) is 27.3. The summed E-state index contributed by atoms with van der Waals surface area (Å²) in [5, 5.41) is 0. The van der Waals surface area contributed by atoms with Gasteiger partial charge in [0, 0.05) is 31.2 Å². The zero-order chi connectivity index (χ0) is 31.1. The molecule has 0 saturated carbocycles. The number of nitrogens with zero attached hydrogens (tertiary/aromatic N) is 4. The molecule has 0 spiro atoms. The summed E-state index contributed by atoms with van der Waals surface area (Å²) in [5.41, 5.74) is 3.28. The summed E-state index contributed by atoms with van der Waals surface area (Å²) in [6, 6.07) is 21.2. The number of aromatic nitrogens is 2. The van der Waals surface area contributed by atoms with Crippen LogP contribution in [0.2, 0.25) is 0 Å². The van der Waals surface area contributed by atoms with E-state index in [-0.39, 0.29) is 17.9 Å². The van der Waals surface area contributed by atoms with E-state index in [1.54, 1.807) is 6.92 Å². The van der Waals surface area contributed by atoms with Crippen molar-refractivity contribution in [3.05, 3.63) is 66.0 Å². The van der Waals surface area contributed by atoms with Crippen molar-refractivity contribution in [2.75, 3.05) is 26.2 Å². The minimum Gasteiger partial charge on any atom is -0.465 e. The molecular formula is C37H50N4O3. The van der Waals surface area contributed by atoms with E-state index in [9.17, 15) is 9.59 Å². The SMILES string of the molecule is CCOC(=O)C(C(=O)N1CCC(CCN2C3CCC2CC(n2c(C)nc4ccccc42)C3)(c2ccccc2)CC1)C(C)(C)C. The van der Waals surface area contributed by atoms with Gasteiger partial charge in [-0.1, -0.05) is 63.2 Å². The Bertz CT molecular complexity index is 1450. The molecule has 236 valence electrons. The predicted octanol–water partition coefficient (Wildman–Crippen LogP) is 6.69. The van der Waals surface area contributed by atoms with Gasteiger partial charge in [-0.15, -0.1) is 0 Å². The highest BCUT2D eigenvalue weighted by Gasteiger charge is 2.46. The first-order valence-corrected chi connectivity index (χ1v) is 16.8. The Morgan fingerprint density at radius 1 is 0.955 bits per heavy atom. The second-order valence-electron chi connectivity index (χ2n) is 14.5. The first kappa shape index (κ1) is 30.8. The molecule has 2 aromatic carbocycles. The number of fused-ring (bicyclic) bond motifs is 3. The van der Waals surface area contributed by atoms with E-state index in [0.717, 1.165) is 37.1 Å². The van der Waals surface area contributed by atoms with Crippen LogP contribution in [0.3, 0.4) is 0 Å². The summed E-state index contributed by atoms with van der Waals surface area (Å²) >= 11 is 0. The van der Waals surface area contributed by atoms with Crippen molar-refractivity contribution in [3.8, 4) is 0 Å². The highest BCUT2D eigenvalue weighted by Crippen LogP contribution is 2.45. The number of carbonyl (C=O) groups excluding carboxylic acids is 2. The monoisotopic (exact) mass is 598 g/mol. The van der Waals surface area contributed by atoms with Crippen molar-refractivity contribution in [2.45, 2.75) is 103 Å². The second-order valence-corrected chi connectivity index (χ2v) is 14.5. The number of esters is 1. The van der Waals surface area contributed by atoms with Gasteiger partial charge in [-0.3, -0.25) is 14.5 Å². The number of hydrogen-bond donors (Lipinski definition) is 0. The number of amides is 1. The Hall–Kier alpha value is -3.19.